The molecule has 4 rings (SSSR count). The SMILES string of the molecule is O=C(CCSc1ccc2c(c1)OCCO2)N1CCc2[nH]ncc2C1. The number of nitrogens with zero attached hydrogens (tertiary/aromatic N) is 2. The Morgan fingerprint density at radius 2 is 2.17 bits per heavy atom. The minimum atomic E-state index is 0.201. The fourth-order valence-corrected chi connectivity index (χ4v) is 3.83. The van der Waals surface area contributed by atoms with Crippen LogP contribution >= 0.6 is 11.8 Å². The van der Waals surface area contributed by atoms with Crippen LogP contribution in [0.2, 0.25) is 0 Å². The largest absolute Gasteiger partial charge is 0.486 e. The minimum absolute atomic E-state index is 0.201. The molecule has 126 valence electrons. The molecule has 2 aliphatic heterocycles. The zero-order valence-corrected chi connectivity index (χ0v) is 14.1. The molecule has 7 heteroatoms. The van der Waals surface area contributed by atoms with Gasteiger partial charge in [0.2, 0.25) is 5.91 Å². The van der Waals surface area contributed by atoms with E-state index in [9.17, 15) is 4.79 Å². The number of carbonyl (C=O) groups is 1. The molecule has 0 spiro atoms. The van der Waals surface area contributed by atoms with Gasteiger partial charge in [-0.05, 0) is 18.2 Å². The standard InChI is InChI=1S/C17H19N3O3S/c21-17(20-5-3-14-12(11-20)10-18-19-14)4-8-24-13-1-2-15-16(9-13)23-7-6-22-15/h1-2,9-10H,3-8,11H2,(H,18,19). The smallest absolute Gasteiger partial charge is 0.223 e. The van der Waals surface area contributed by atoms with Crippen molar-refractivity contribution in [1.29, 1.82) is 0 Å². The monoisotopic (exact) mass is 345 g/mol. The second kappa shape index (κ2) is 6.76. The summed E-state index contributed by atoms with van der Waals surface area (Å²) in [6.45, 7) is 2.62. The van der Waals surface area contributed by atoms with E-state index in [0.717, 1.165) is 46.4 Å². The van der Waals surface area contributed by atoms with Gasteiger partial charge in [0.25, 0.3) is 0 Å². The number of nitrogens with one attached hydrogen (secondary N) is 1. The second-order valence-electron chi connectivity index (χ2n) is 5.84. The van der Waals surface area contributed by atoms with Gasteiger partial charge >= 0.3 is 0 Å². The number of ether oxygens (including phenoxy) is 2. The summed E-state index contributed by atoms with van der Waals surface area (Å²) < 4.78 is 11.1. The van der Waals surface area contributed by atoms with Gasteiger partial charge in [0.15, 0.2) is 11.5 Å². The van der Waals surface area contributed by atoms with Crippen molar-refractivity contribution in [2.45, 2.75) is 24.3 Å². The van der Waals surface area contributed by atoms with Crippen LogP contribution < -0.4 is 9.47 Å². The summed E-state index contributed by atoms with van der Waals surface area (Å²) in [5.41, 5.74) is 2.29. The first-order chi connectivity index (χ1) is 11.8. The molecule has 0 unspecified atom stereocenters. The third-order valence-corrected chi connectivity index (χ3v) is 5.25. The summed E-state index contributed by atoms with van der Waals surface area (Å²) in [5, 5.41) is 7.04. The van der Waals surface area contributed by atoms with Gasteiger partial charge in [-0.25, -0.2) is 0 Å². The van der Waals surface area contributed by atoms with Crippen molar-refractivity contribution in [3.8, 4) is 11.5 Å². The maximum Gasteiger partial charge on any atom is 0.223 e. The molecule has 0 saturated carbocycles. The number of amides is 1. The molecule has 1 aromatic carbocycles. The minimum Gasteiger partial charge on any atom is -0.486 e. The molecule has 0 fully saturated rings. The number of carbonyl (C=O) groups excluding carboxylic acids is 1. The maximum absolute atomic E-state index is 12.4. The Hall–Kier alpha value is -2.15. The van der Waals surface area contributed by atoms with Crippen LogP contribution in [0, 0.1) is 0 Å². The van der Waals surface area contributed by atoms with Gasteiger partial charge in [-0.1, -0.05) is 0 Å². The van der Waals surface area contributed by atoms with Gasteiger partial charge < -0.3 is 14.4 Å². The highest BCUT2D eigenvalue weighted by Gasteiger charge is 2.21. The number of benzene rings is 1. The molecule has 0 radical (unpaired) electrons. The van der Waals surface area contributed by atoms with Crippen LogP contribution in [0.3, 0.4) is 0 Å². The first-order valence-corrected chi connectivity index (χ1v) is 9.09. The van der Waals surface area contributed by atoms with Crippen LogP contribution in [0.4, 0.5) is 0 Å². The van der Waals surface area contributed by atoms with Crippen molar-refractivity contribution in [2.75, 3.05) is 25.5 Å². The highest BCUT2D eigenvalue weighted by Crippen LogP contribution is 2.34. The quantitative estimate of drug-likeness (QED) is 0.861. The number of fused-ring (bicyclic) bond motifs is 2. The Morgan fingerprint density at radius 3 is 3.08 bits per heavy atom. The van der Waals surface area contributed by atoms with Crippen LogP contribution in [0.5, 0.6) is 11.5 Å². The second-order valence-corrected chi connectivity index (χ2v) is 7.01. The van der Waals surface area contributed by atoms with Crippen molar-refractivity contribution >= 4 is 17.7 Å². The molecule has 1 amide bonds. The number of aromatic amines is 1. The van der Waals surface area contributed by atoms with Crippen molar-refractivity contribution < 1.29 is 14.3 Å². The number of hydrogen-bond donors (Lipinski definition) is 1. The summed E-state index contributed by atoms with van der Waals surface area (Å²) in [7, 11) is 0. The molecule has 0 saturated heterocycles. The molecule has 1 aromatic heterocycles. The predicted molar refractivity (Wildman–Crippen MR) is 90.5 cm³/mol. The van der Waals surface area contributed by atoms with E-state index >= 15 is 0 Å². The first kappa shape index (κ1) is 15.4. The number of H-pyrrole nitrogens is 1. The van der Waals surface area contributed by atoms with E-state index in [1.165, 1.54) is 0 Å². The Morgan fingerprint density at radius 1 is 1.29 bits per heavy atom. The van der Waals surface area contributed by atoms with Crippen LogP contribution in [0.25, 0.3) is 0 Å². The van der Waals surface area contributed by atoms with Crippen LogP contribution in [0.1, 0.15) is 17.7 Å². The molecule has 2 aliphatic rings. The Labute approximate surface area is 144 Å². The lowest BCUT2D eigenvalue weighted by molar-refractivity contribution is -0.131. The van der Waals surface area contributed by atoms with E-state index in [1.807, 2.05) is 29.3 Å². The predicted octanol–water partition coefficient (Wildman–Crippen LogP) is 2.25. The zero-order valence-electron chi connectivity index (χ0n) is 13.3. The van der Waals surface area contributed by atoms with E-state index in [4.69, 9.17) is 9.47 Å². The van der Waals surface area contributed by atoms with E-state index in [-0.39, 0.29) is 5.91 Å². The summed E-state index contributed by atoms with van der Waals surface area (Å²) in [6.07, 6.45) is 3.21. The van der Waals surface area contributed by atoms with Gasteiger partial charge in [-0.15, -0.1) is 11.8 Å². The van der Waals surface area contributed by atoms with E-state index < -0.39 is 0 Å². The Bertz CT molecular complexity index is 746. The Kier molecular flexibility index (Phi) is 4.34. The molecular weight excluding hydrogens is 326 g/mol. The molecule has 2 aromatic rings. The first-order valence-electron chi connectivity index (χ1n) is 8.11. The van der Waals surface area contributed by atoms with Gasteiger partial charge in [0, 0.05) is 47.8 Å². The number of thioether (sulfide) groups is 1. The highest BCUT2D eigenvalue weighted by atomic mass is 32.2. The summed E-state index contributed by atoms with van der Waals surface area (Å²) >= 11 is 1.67. The zero-order chi connectivity index (χ0) is 16.4. The molecule has 6 nitrogen and oxygen atoms in total. The van der Waals surface area contributed by atoms with Gasteiger partial charge in [-0.3, -0.25) is 9.89 Å². The lowest BCUT2D eigenvalue weighted by atomic mass is 10.1. The molecule has 1 N–H and O–H groups in total. The third-order valence-electron chi connectivity index (χ3n) is 4.25. The highest BCUT2D eigenvalue weighted by molar-refractivity contribution is 7.99. The molecule has 3 heterocycles. The van der Waals surface area contributed by atoms with E-state index in [1.54, 1.807) is 11.8 Å². The molecule has 0 atom stereocenters. The molecule has 0 aliphatic carbocycles. The summed E-state index contributed by atoms with van der Waals surface area (Å²) in [6, 6.07) is 5.94. The fraction of sp³-hybridized carbons (Fsp3) is 0.412. The van der Waals surface area contributed by atoms with Gasteiger partial charge in [0.1, 0.15) is 13.2 Å². The van der Waals surface area contributed by atoms with Crippen LogP contribution in [-0.4, -0.2) is 46.5 Å². The summed E-state index contributed by atoms with van der Waals surface area (Å²) in [4.78, 5) is 15.4. The summed E-state index contributed by atoms with van der Waals surface area (Å²) in [5.74, 6) is 2.55. The van der Waals surface area contributed by atoms with Crippen molar-refractivity contribution in [3.63, 3.8) is 0 Å². The number of aromatic nitrogens is 2. The van der Waals surface area contributed by atoms with Crippen molar-refractivity contribution in [3.05, 3.63) is 35.7 Å². The lowest BCUT2D eigenvalue weighted by Gasteiger charge is -2.26. The normalized spacial score (nSPS) is 15.9. The fourth-order valence-electron chi connectivity index (χ4n) is 2.96. The van der Waals surface area contributed by atoms with Gasteiger partial charge in [-0.2, -0.15) is 5.10 Å². The lowest BCUT2D eigenvalue weighted by Crippen LogP contribution is -2.35. The van der Waals surface area contributed by atoms with Crippen LogP contribution in [0.15, 0.2) is 29.3 Å². The van der Waals surface area contributed by atoms with E-state index in [2.05, 4.69) is 10.2 Å². The molecular formula is C17H19N3O3S. The third kappa shape index (κ3) is 3.21. The average Bonchev–Trinajstić information content (AvgIpc) is 3.09. The molecule has 0 bridgehead atoms. The molecule has 24 heavy (non-hydrogen) atoms. The Balaban J connectivity index is 1.29. The topological polar surface area (TPSA) is 67.5 Å². The van der Waals surface area contributed by atoms with Crippen molar-refractivity contribution in [2.24, 2.45) is 0 Å². The van der Waals surface area contributed by atoms with E-state index in [0.29, 0.717) is 26.2 Å². The number of rotatable bonds is 4. The maximum atomic E-state index is 12.4. The number of hydrogen-bond acceptors (Lipinski definition) is 5. The van der Waals surface area contributed by atoms with Crippen LogP contribution in [-0.2, 0) is 17.8 Å². The average molecular weight is 345 g/mol. The van der Waals surface area contributed by atoms with Crippen molar-refractivity contribution in [1.82, 2.24) is 15.1 Å². The van der Waals surface area contributed by atoms with Gasteiger partial charge in [0.05, 0.1) is 6.20 Å².